The lowest BCUT2D eigenvalue weighted by molar-refractivity contribution is -0.122. The Kier molecular flexibility index (Phi) is 6.06. The van der Waals surface area contributed by atoms with Crippen LogP contribution in [0.1, 0.15) is 6.92 Å². The van der Waals surface area contributed by atoms with Gasteiger partial charge in [-0.2, -0.15) is 0 Å². The van der Waals surface area contributed by atoms with Gasteiger partial charge < -0.3 is 14.8 Å². The van der Waals surface area contributed by atoms with Crippen molar-refractivity contribution < 1.29 is 14.3 Å². The van der Waals surface area contributed by atoms with E-state index in [2.05, 4.69) is 11.9 Å². The van der Waals surface area contributed by atoms with Crippen molar-refractivity contribution in [3.8, 4) is 11.5 Å². The van der Waals surface area contributed by atoms with Crippen molar-refractivity contribution in [2.24, 2.45) is 0 Å². The van der Waals surface area contributed by atoms with Crippen molar-refractivity contribution in [1.29, 1.82) is 0 Å². The second-order valence-electron chi connectivity index (χ2n) is 4.81. The molecule has 0 aliphatic carbocycles. The maximum atomic E-state index is 12.2. The number of benzene rings is 2. The van der Waals surface area contributed by atoms with Crippen molar-refractivity contribution in [3.05, 3.63) is 66.2 Å². The fourth-order valence-corrected chi connectivity index (χ4v) is 2.03. The van der Waals surface area contributed by atoms with Crippen LogP contribution in [-0.4, -0.2) is 18.6 Å². The summed E-state index contributed by atoms with van der Waals surface area (Å²) in [5, 5.41) is 3.25. The van der Waals surface area contributed by atoms with Crippen LogP contribution in [0, 0.1) is 0 Å². The summed E-state index contributed by atoms with van der Waals surface area (Å²) in [5.74, 6) is 0.855. The van der Waals surface area contributed by atoms with E-state index in [1.807, 2.05) is 6.07 Å². The average Bonchev–Trinajstić information content (AvgIpc) is 2.55. The number of rotatable bonds is 7. The molecule has 5 heteroatoms. The summed E-state index contributed by atoms with van der Waals surface area (Å²) in [5.41, 5.74) is 0.631. The molecular formula is C18H18ClNO3. The summed E-state index contributed by atoms with van der Waals surface area (Å²) in [6, 6.07) is 14.2. The Labute approximate surface area is 140 Å². The van der Waals surface area contributed by atoms with Crippen LogP contribution in [0.4, 0.5) is 5.69 Å². The number of carbonyl (C=O) groups is 1. The summed E-state index contributed by atoms with van der Waals surface area (Å²) in [6.45, 7) is 5.66. The lowest BCUT2D eigenvalue weighted by Gasteiger charge is -2.16. The number of para-hydroxylation sites is 1. The van der Waals surface area contributed by atoms with Gasteiger partial charge in [0.05, 0.1) is 5.02 Å². The molecule has 0 heterocycles. The number of nitrogens with one attached hydrogen (secondary N) is 1. The molecule has 0 bridgehead atoms. The van der Waals surface area contributed by atoms with Crippen LogP contribution in [0.25, 0.3) is 0 Å². The van der Waals surface area contributed by atoms with E-state index in [1.54, 1.807) is 55.5 Å². The van der Waals surface area contributed by atoms with E-state index < -0.39 is 6.10 Å². The number of hydrogen-bond acceptors (Lipinski definition) is 3. The van der Waals surface area contributed by atoms with Gasteiger partial charge in [0.2, 0.25) is 0 Å². The predicted octanol–water partition coefficient (Wildman–Crippen LogP) is 4.31. The fourth-order valence-electron chi connectivity index (χ4n) is 1.85. The van der Waals surface area contributed by atoms with Crippen molar-refractivity contribution in [3.63, 3.8) is 0 Å². The van der Waals surface area contributed by atoms with Gasteiger partial charge in [-0.05, 0) is 31.2 Å². The third-order valence-corrected chi connectivity index (χ3v) is 3.29. The highest BCUT2D eigenvalue weighted by Gasteiger charge is 2.16. The third kappa shape index (κ3) is 5.04. The number of carbonyl (C=O) groups excluding carboxylic acids is 1. The highest BCUT2D eigenvalue weighted by Crippen LogP contribution is 2.24. The summed E-state index contributed by atoms with van der Waals surface area (Å²) in [4.78, 5) is 12.2. The number of halogens is 1. The largest absolute Gasteiger partial charge is 0.489 e. The van der Waals surface area contributed by atoms with E-state index in [-0.39, 0.29) is 5.91 Å². The second kappa shape index (κ2) is 8.25. The Morgan fingerprint density at radius 2 is 2.09 bits per heavy atom. The zero-order chi connectivity index (χ0) is 16.7. The van der Waals surface area contributed by atoms with Crippen molar-refractivity contribution >= 4 is 23.2 Å². The number of anilines is 1. The number of ether oxygens (including phenoxy) is 2. The van der Waals surface area contributed by atoms with Crippen LogP contribution in [0.15, 0.2) is 61.2 Å². The first-order valence-corrected chi connectivity index (χ1v) is 7.53. The van der Waals surface area contributed by atoms with Crippen LogP contribution in [-0.2, 0) is 4.79 Å². The zero-order valence-corrected chi connectivity index (χ0v) is 13.5. The molecule has 0 saturated carbocycles. The lowest BCUT2D eigenvalue weighted by Crippen LogP contribution is -2.30. The van der Waals surface area contributed by atoms with E-state index in [4.69, 9.17) is 21.1 Å². The molecule has 0 aromatic heterocycles. The average molecular weight is 332 g/mol. The summed E-state index contributed by atoms with van der Waals surface area (Å²) < 4.78 is 11.0. The van der Waals surface area contributed by atoms with Crippen LogP contribution >= 0.6 is 11.6 Å². The molecule has 2 aromatic rings. The molecule has 1 N–H and O–H groups in total. The Hall–Kier alpha value is -2.46. The van der Waals surface area contributed by atoms with Gasteiger partial charge >= 0.3 is 0 Å². The van der Waals surface area contributed by atoms with E-state index in [0.717, 1.165) is 0 Å². The first-order valence-electron chi connectivity index (χ1n) is 7.16. The van der Waals surface area contributed by atoms with Gasteiger partial charge in [-0.1, -0.05) is 42.5 Å². The standard InChI is InChI=1S/C18H18ClNO3/c1-3-11-22-15-8-6-7-14(12-15)20-18(21)13(2)23-17-10-5-4-9-16(17)19/h3-10,12-13H,1,11H2,2H3,(H,20,21)/t13-/m1/s1. The molecule has 1 atom stereocenters. The highest BCUT2D eigenvalue weighted by atomic mass is 35.5. The molecule has 0 unspecified atom stereocenters. The van der Waals surface area contributed by atoms with Crippen molar-refractivity contribution in [2.45, 2.75) is 13.0 Å². The fraction of sp³-hybridized carbons (Fsp3) is 0.167. The summed E-state index contributed by atoms with van der Waals surface area (Å²) in [6.07, 6.45) is 0.970. The molecule has 4 nitrogen and oxygen atoms in total. The van der Waals surface area contributed by atoms with Gasteiger partial charge in [-0.25, -0.2) is 0 Å². The van der Waals surface area contributed by atoms with Gasteiger partial charge in [0.1, 0.15) is 18.1 Å². The second-order valence-corrected chi connectivity index (χ2v) is 5.21. The minimum atomic E-state index is -0.687. The summed E-state index contributed by atoms with van der Waals surface area (Å²) >= 11 is 6.02. The molecule has 0 saturated heterocycles. The van der Waals surface area contributed by atoms with Crippen molar-refractivity contribution in [2.75, 3.05) is 11.9 Å². The zero-order valence-electron chi connectivity index (χ0n) is 12.8. The van der Waals surface area contributed by atoms with E-state index in [1.165, 1.54) is 0 Å². The Morgan fingerprint density at radius 3 is 2.83 bits per heavy atom. The molecule has 0 fully saturated rings. The Bertz CT molecular complexity index is 687. The van der Waals surface area contributed by atoms with E-state index in [0.29, 0.717) is 28.8 Å². The molecule has 0 aliphatic heterocycles. The topological polar surface area (TPSA) is 47.6 Å². The SMILES string of the molecule is C=CCOc1cccc(NC(=O)[C@@H](C)Oc2ccccc2Cl)c1. The maximum Gasteiger partial charge on any atom is 0.265 e. The molecule has 23 heavy (non-hydrogen) atoms. The molecule has 0 spiro atoms. The monoisotopic (exact) mass is 331 g/mol. The Morgan fingerprint density at radius 1 is 1.30 bits per heavy atom. The Balaban J connectivity index is 1.98. The molecule has 2 rings (SSSR count). The minimum absolute atomic E-state index is 0.272. The maximum absolute atomic E-state index is 12.2. The van der Waals surface area contributed by atoms with Crippen LogP contribution in [0.3, 0.4) is 0 Å². The minimum Gasteiger partial charge on any atom is -0.489 e. The van der Waals surface area contributed by atoms with Gasteiger partial charge in [0.15, 0.2) is 6.10 Å². The van der Waals surface area contributed by atoms with Gasteiger partial charge in [-0.15, -0.1) is 0 Å². The van der Waals surface area contributed by atoms with Gasteiger partial charge in [-0.3, -0.25) is 4.79 Å². The van der Waals surface area contributed by atoms with Gasteiger partial charge in [0, 0.05) is 11.8 Å². The molecule has 120 valence electrons. The van der Waals surface area contributed by atoms with E-state index >= 15 is 0 Å². The smallest absolute Gasteiger partial charge is 0.265 e. The molecule has 2 aromatic carbocycles. The van der Waals surface area contributed by atoms with Gasteiger partial charge in [0.25, 0.3) is 5.91 Å². The first-order chi connectivity index (χ1) is 11.1. The molecular weight excluding hydrogens is 314 g/mol. The van der Waals surface area contributed by atoms with Crippen LogP contribution in [0.5, 0.6) is 11.5 Å². The van der Waals surface area contributed by atoms with Crippen LogP contribution < -0.4 is 14.8 Å². The van der Waals surface area contributed by atoms with E-state index in [9.17, 15) is 4.79 Å². The van der Waals surface area contributed by atoms with Crippen LogP contribution in [0.2, 0.25) is 5.02 Å². The molecule has 0 radical (unpaired) electrons. The quantitative estimate of drug-likeness (QED) is 0.769. The third-order valence-electron chi connectivity index (χ3n) is 2.98. The first kappa shape index (κ1) is 16.9. The van der Waals surface area contributed by atoms with Crippen molar-refractivity contribution in [1.82, 2.24) is 0 Å². The predicted molar refractivity (Wildman–Crippen MR) is 92.3 cm³/mol. The highest BCUT2D eigenvalue weighted by molar-refractivity contribution is 6.32. The number of amides is 1. The molecule has 1 amide bonds. The molecule has 0 aliphatic rings. The number of hydrogen-bond donors (Lipinski definition) is 1. The lowest BCUT2D eigenvalue weighted by atomic mass is 10.2. The normalized spacial score (nSPS) is 11.4. The summed E-state index contributed by atoms with van der Waals surface area (Å²) in [7, 11) is 0.